The molecule has 3 aromatic rings. The number of hydrogen-bond donors (Lipinski definition) is 1. The van der Waals surface area contributed by atoms with Crippen LogP contribution in [0.5, 0.6) is 0 Å². The SMILES string of the molecule is O=C(N[C@@H]1CCC[C@H]1OCc1ccccc1)c1ccc2nccnc2c1. The van der Waals surface area contributed by atoms with Crippen LogP contribution in [-0.4, -0.2) is 28.0 Å². The molecule has 1 N–H and O–H groups in total. The standard InChI is InChI=1S/C21H21N3O2/c25-21(16-9-10-17-19(13-16)23-12-11-22-17)24-18-7-4-8-20(18)26-14-15-5-2-1-3-6-15/h1-3,5-6,9-13,18,20H,4,7-8,14H2,(H,24,25)/t18-,20-/m1/s1. The molecule has 1 amide bonds. The summed E-state index contributed by atoms with van der Waals surface area (Å²) in [6, 6.07) is 15.6. The Kier molecular flexibility index (Phi) is 4.88. The molecule has 2 aromatic carbocycles. The van der Waals surface area contributed by atoms with Gasteiger partial charge in [-0.2, -0.15) is 0 Å². The van der Waals surface area contributed by atoms with Gasteiger partial charge in [-0.05, 0) is 43.0 Å². The second-order valence-electron chi connectivity index (χ2n) is 6.61. The highest BCUT2D eigenvalue weighted by molar-refractivity contribution is 5.97. The number of carbonyl (C=O) groups is 1. The zero-order chi connectivity index (χ0) is 17.8. The zero-order valence-corrected chi connectivity index (χ0v) is 14.5. The minimum absolute atomic E-state index is 0.0452. The number of hydrogen-bond acceptors (Lipinski definition) is 4. The van der Waals surface area contributed by atoms with Crippen LogP contribution in [0.2, 0.25) is 0 Å². The van der Waals surface area contributed by atoms with Gasteiger partial charge in [0.25, 0.3) is 5.91 Å². The number of nitrogens with one attached hydrogen (secondary N) is 1. The number of ether oxygens (including phenoxy) is 1. The van der Waals surface area contributed by atoms with Crippen LogP contribution in [0.15, 0.2) is 60.9 Å². The van der Waals surface area contributed by atoms with E-state index in [4.69, 9.17) is 4.74 Å². The molecule has 1 saturated carbocycles. The van der Waals surface area contributed by atoms with E-state index in [1.165, 1.54) is 0 Å². The molecule has 1 aliphatic carbocycles. The molecule has 0 saturated heterocycles. The average molecular weight is 347 g/mol. The summed E-state index contributed by atoms with van der Waals surface area (Å²) < 4.78 is 6.07. The third-order valence-corrected chi connectivity index (χ3v) is 4.81. The van der Waals surface area contributed by atoms with Crippen LogP contribution in [0, 0.1) is 0 Å². The van der Waals surface area contributed by atoms with E-state index in [0.717, 1.165) is 35.9 Å². The first-order valence-corrected chi connectivity index (χ1v) is 8.97. The molecule has 0 spiro atoms. The van der Waals surface area contributed by atoms with Crippen LogP contribution in [0.3, 0.4) is 0 Å². The van der Waals surface area contributed by atoms with Gasteiger partial charge in [0.1, 0.15) is 0 Å². The van der Waals surface area contributed by atoms with E-state index in [-0.39, 0.29) is 18.1 Å². The molecule has 0 aliphatic heterocycles. The molecule has 0 radical (unpaired) electrons. The molecular weight excluding hydrogens is 326 g/mol. The van der Waals surface area contributed by atoms with Gasteiger partial charge in [-0.15, -0.1) is 0 Å². The Balaban J connectivity index is 1.40. The summed E-state index contributed by atoms with van der Waals surface area (Å²) in [6.45, 7) is 0.573. The second-order valence-corrected chi connectivity index (χ2v) is 6.61. The van der Waals surface area contributed by atoms with Crippen molar-refractivity contribution in [2.75, 3.05) is 0 Å². The molecule has 1 heterocycles. The number of nitrogens with zero attached hydrogens (tertiary/aromatic N) is 2. The van der Waals surface area contributed by atoms with E-state index in [1.807, 2.05) is 24.3 Å². The van der Waals surface area contributed by atoms with Crippen molar-refractivity contribution in [3.8, 4) is 0 Å². The molecule has 0 bridgehead atoms. The molecule has 4 rings (SSSR count). The van der Waals surface area contributed by atoms with Gasteiger partial charge < -0.3 is 10.1 Å². The molecule has 26 heavy (non-hydrogen) atoms. The zero-order valence-electron chi connectivity index (χ0n) is 14.5. The smallest absolute Gasteiger partial charge is 0.251 e. The van der Waals surface area contributed by atoms with Crippen LogP contribution >= 0.6 is 0 Å². The van der Waals surface area contributed by atoms with Gasteiger partial charge in [-0.3, -0.25) is 14.8 Å². The normalized spacial score (nSPS) is 19.5. The molecule has 2 atom stereocenters. The minimum Gasteiger partial charge on any atom is -0.371 e. The average Bonchev–Trinajstić information content (AvgIpc) is 3.13. The predicted octanol–water partition coefficient (Wildman–Crippen LogP) is 3.50. The number of amides is 1. The van der Waals surface area contributed by atoms with Gasteiger partial charge in [0.05, 0.1) is 29.8 Å². The number of benzene rings is 2. The summed E-state index contributed by atoms with van der Waals surface area (Å²) >= 11 is 0. The largest absolute Gasteiger partial charge is 0.371 e. The fourth-order valence-corrected chi connectivity index (χ4v) is 3.42. The lowest BCUT2D eigenvalue weighted by atomic mass is 10.1. The van der Waals surface area contributed by atoms with E-state index in [9.17, 15) is 4.79 Å². The first-order valence-electron chi connectivity index (χ1n) is 8.97. The van der Waals surface area contributed by atoms with Gasteiger partial charge >= 0.3 is 0 Å². The molecule has 1 aliphatic rings. The van der Waals surface area contributed by atoms with Crippen molar-refractivity contribution in [3.63, 3.8) is 0 Å². The quantitative estimate of drug-likeness (QED) is 0.767. The first-order chi connectivity index (χ1) is 12.8. The molecule has 5 heteroatoms. The summed E-state index contributed by atoms with van der Waals surface area (Å²) in [5, 5.41) is 3.13. The summed E-state index contributed by atoms with van der Waals surface area (Å²) in [6.07, 6.45) is 6.32. The number of fused-ring (bicyclic) bond motifs is 1. The van der Waals surface area contributed by atoms with E-state index in [0.29, 0.717) is 12.2 Å². The topological polar surface area (TPSA) is 64.1 Å². The number of aromatic nitrogens is 2. The van der Waals surface area contributed by atoms with Gasteiger partial charge in [0.15, 0.2) is 0 Å². The van der Waals surface area contributed by atoms with Crippen molar-refractivity contribution in [1.82, 2.24) is 15.3 Å². The molecule has 1 aromatic heterocycles. The van der Waals surface area contributed by atoms with Crippen LogP contribution in [0.25, 0.3) is 11.0 Å². The van der Waals surface area contributed by atoms with Crippen molar-refractivity contribution < 1.29 is 9.53 Å². The van der Waals surface area contributed by atoms with E-state index < -0.39 is 0 Å². The molecular formula is C21H21N3O2. The van der Waals surface area contributed by atoms with Gasteiger partial charge in [0.2, 0.25) is 0 Å². The Bertz CT molecular complexity index is 898. The minimum atomic E-state index is -0.0854. The maximum atomic E-state index is 12.6. The molecule has 132 valence electrons. The fourth-order valence-electron chi connectivity index (χ4n) is 3.42. The van der Waals surface area contributed by atoms with Crippen molar-refractivity contribution in [2.24, 2.45) is 0 Å². The van der Waals surface area contributed by atoms with E-state index >= 15 is 0 Å². The number of rotatable bonds is 5. The second kappa shape index (κ2) is 7.62. The van der Waals surface area contributed by atoms with Crippen LogP contribution in [0.1, 0.15) is 35.2 Å². The Morgan fingerprint density at radius 2 is 1.85 bits per heavy atom. The molecule has 5 nitrogen and oxygen atoms in total. The van der Waals surface area contributed by atoms with Gasteiger partial charge in [-0.1, -0.05) is 30.3 Å². The lowest BCUT2D eigenvalue weighted by Crippen LogP contribution is -2.41. The lowest BCUT2D eigenvalue weighted by molar-refractivity contribution is 0.0272. The monoisotopic (exact) mass is 347 g/mol. The molecule has 0 unspecified atom stereocenters. The van der Waals surface area contributed by atoms with E-state index in [1.54, 1.807) is 24.5 Å². The Morgan fingerprint density at radius 1 is 1.04 bits per heavy atom. The van der Waals surface area contributed by atoms with Crippen molar-refractivity contribution in [2.45, 2.75) is 38.0 Å². The maximum absolute atomic E-state index is 12.6. The van der Waals surface area contributed by atoms with Crippen LogP contribution < -0.4 is 5.32 Å². The third-order valence-electron chi connectivity index (χ3n) is 4.81. The predicted molar refractivity (Wildman–Crippen MR) is 99.7 cm³/mol. The third kappa shape index (κ3) is 3.73. The highest BCUT2D eigenvalue weighted by atomic mass is 16.5. The Morgan fingerprint density at radius 3 is 2.69 bits per heavy atom. The van der Waals surface area contributed by atoms with Crippen molar-refractivity contribution in [1.29, 1.82) is 0 Å². The first kappa shape index (κ1) is 16.7. The summed E-state index contributed by atoms with van der Waals surface area (Å²) in [5.41, 5.74) is 3.27. The summed E-state index contributed by atoms with van der Waals surface area (Å²) in [7, 11) is 0. The van der Waals surface area contributed by atoms with E-state index in [2.05, 4.69) is 27.4 Å². The number of carbonyl (C=O) groups excluding carboxylic acids is 1. The highest BCUT2D eigenvalue weighted by Gasteiger charge is 2.29. The van der Waals surface area contributed by atoms with Gasteiger partial charge in [0, 0.05) is 18.0 Å². The Hall–Kier alpha value is -2.79. The van der Waals surface area contributed by atoms with Crippen LogP contribution in [0.4, 0.5) is 0 Å². The van der Waals surface area contributed by atoms with Gasteiger partial charge in [-0.25, -0.2) is 0 Å². The van der Waals surface area contributed by atoms with Crippen LogP contribution in [-0.2, 0) is 11.3 Å². The maximum Gasteiger partial charge on any atom is 0.251 e. The summed E-state index contributed by atoms with van der Waals surface area (Å²) in [5.74, 6) is -0.0854. The fraction of sp³-hybridized carbons (Fsp3) is 0.286. The van der Waals surface area contributed by atoms with Crippen molar-refractivity contribution >= 4 is 16.9 Å². The Labute approximate surface area is 152 Å². The summed E-state index contributed by atoms with van der Waals surface area (Å²) in [4.78, 5) is 21.2. The highest BCUT2D eigenvalue weighted by Crippen LogP contribution is 2.24. The lowest BCUT2D eigenvalue weighted by Gasteiger charge is -2.21. The molecule has 1 fully saturated rings. The van der Waals surface area contributed by atoms with Crippen molar-refractivity contribution in [3.05, 3.63) is 72.1 Å².